The number of benzene rings is 1. The predicted molar refractivity (Wildman–Crippen MR) is 59.5 cm³/mol. The molecule has 1 aliphatic carbocycles. The molecule has 0 bridgehead atoms. The lowest BCUT2D eigenvalue weighted by molar-refractivity contribution is -0.0463. The first-order valence-corrected chi connectivity index (χ1v) is 5.88. The van der Waals surface area contributed by atoms with Gasteiger partial charge in [0, 0.05) is 6.61 Å². The van der Waals surface area contributed by atoms with Crippen LogP contribution in [0.4, 0.5) is 8.78 Å². The molecule has 1 saturated carbocycles. The van der Waals surface area contributed by atoms with Crippen molar-refractivity contribution in [1.29, 1.82) is 0 Å². The van der Waals surface area contributed by atoms with Gasteiger partial charge in [0.15, 0.2) is 11.6 Å². The topological polar surface area (TPSA) is 29.5 Å². The molecule has 2 atom stereocenters. The molecule has 1 N–H and O–H groups in total. The van der Waals surface area contributed by atoms with Crippen molar-refractivity contribution in [2.45, 2.75) is 32.0 Å². The summed E-state index contributed by atoms with van der Waals surface area (Å²) in [6.45, 7) is 2.36. The molecule has 94 valence electrons. The molecule has 0 heterocycles. The molecule has 2 nitrogen and oxygen atoms in total. The van der Waals surface area contributed by atoms with Crippen LogP contribution in [0, 0.1) is 17.6 Å². The highest BCUT2D eigenvalue weighted by atomic mass is 19.2. The first kappa shape index (κ1) is 12.5. The summed E-state index contributed by atoms with van der Waals surface area (Å²) >= 11 is 0. The van der Waals surface area contributed by atoms with Crippen LogP contribution in [-0.2, 0) is 4.74 Å². The van der Waals surface area contributed by atoms with Gasteiger partial charge >= 0.3 is 0 Å². The number of aliphatic hydroxyl groups excluding tert-OH is 1. The minimum Gasteiger partial charge on any atom is -0.386 e. The first-order valence-electron chi connectivity index (χ1n) is 5.88. The Hall–Kier alpha value is -1.00. The summed E-state index contributed by atoms with van der Waals surface area (Å²) in [5, 5.41) is 10.1. The normalized spacial score (nSPS) is 19.1. The van der Waals surface area contributed by atoms with Crippen LogP contribution in [-0.4, -0.2) is 17.8 Å². The van der Waals surface area contributed by atoms with Crippen LogP contribution >= 0.6 is 0 Å². The summed E-state index contributed by atoms with van der Waals surface area (Å²) in [5.41, 5.74) is 0.370. The lowest BCUT2D eigenvalue weighted by Gasteiger charge is -2.23. The minimum absolute atomic E-state index is 0.315. The maximum Gasteiger partial charge on any atom is 0.159 e. The Balaban J connectivity index is 2.15. The summed E-state index contributed by atoms with van der Waals surface area (Å²) in [6, 6.07) is 3.47. The molecule has 0 radical (unpaired) electrons. The molecule has 4 heteroatoms. The summed E-state index contributed by atoms with van der Waals surface area (Å²) < 4.78 is 31.4. The fourth-order valence-corrected chi connectivity index (χ4v) is 1.99. The summed E-state index contributed by atoms with van der Waals surface area (Å²) in [6.07, 6.45) is 0.832. The van der Waals surface area contributed by atoms with Crippen molar-refractivity contribution in [2.24, 2.45) is 5.92 Å². The van der Waals surface area contributed by atoms with E-state index in [4.69, 9.17) is 4.74 Å². The molecule has 2 rings (SSSR count). The fraction of sp³-hybridized carbons (Fsp3) is 0.538. The third kappa shape index (κ3) is 2.82. The molecule has 1 aliphatic rings. The molecule has 1 aromatic carbocycles. The van der Waals surface area contributed by atoms with Gasteiger partial charge < -0.3 is 9.84 Å². The average molecular weight is 242 g/mol. The van der Waals surface area contributed by atoms with Crippen molar-refractivity contribution in [3.63, 3.8) is 0 Å². The predicted octanol–water partition coefficient (Wildman–Crippen LogP) is 2.81. The molecule has 2 unspecified atom stereocenters. The number of aliphatic hydroxyl groups is 1. The van der Waals surface area contributed by atoms with E-state index in [1.807, 2.05) is 6.92 Å². The lowest BCUT2D eigenvalue weighted by atomic mass is 10.0. The van der Waals surface area contributed by atoms with E-state index in [2.05, 4.69) is 0 Å². The van der Waals surface area contributed by atoms with Crippen LogP contribution in [0.2, 0.25) is 0 Å². The molecule has 17 heavy (non-hydrogen) atoms. The van der Waals surface area contributed by atoms with Crippen molar-refractivity contribution in [2.75, 3.05) is 6.61 Å². The summed E-state index contributed by atoms with van der Waals surface area (Å²) in [5.74, 6) is -1.51. The van der Waals surface area contributed by atoms with Gasteiger partial charge in [0.25, 0.3) is 0 Å². The van der Waals surface area contributed by atoms with Crippen molar-refractivity contribution in [3.05, 3.63) is 35.4 Å². The van der Waals surface area contributed by atoms with Gasteiger partial charge in [-0.15, -0.1) is 0 Å². The van der Waals surface area contributed by atoms with Gasteiger partial charge in [-0.2, -0.15) is 0 Å². The Morgan fingerprint density at radius 1 is 1.35 bits per heavy atom. The molecule has 1 fully saturated rings. The minimum atomic E-state index is -0.937. The number of halogens is 2. The Labute approximate surface area is 99.2 Å². The van der Waals surface area contributed by atoms with Crippen LogP contribution in [0.1, 0.15) is 31.4 Å². The molecule has 0 aromatic heterocycles. The number of hydrogen-bond donors (Lipinski definition) is 1. The molecule has 0 spiro atoms. The maximum atomic E-state index is 13.1. The number of rotatable bonds is 5. The molecule has 0 aliphatic heterocycles. The van der Waals surface area contributed by atoms with Gasteiger partial charge in [-0.3, -0.25) is 0 Å². The molecular formula is C13H16F2O2. The fourth-order valence-electron chi connectivity index (χ4n) is 1.99. The van der Waals surface area contributed by atoms with E-state index in [-0.39, 0.29) is 6.10 Å². The van der Waals surface area contributed by atoms with Gasteiger partial charge in [-0.1, -0.05) is 6.07 Å². The SMILES string of the molecule is CCOC(C1CC1)C(O)c1ccc(F)c(F)c1. The summed E-state index contributed by atoms with van der Waals surface area (Å²) in [7, 11) is 0. The van der Waals surface area contributed by atoms with Crippen LogP contribution in [0.15, 0.2) is 18.2 Å². The van der Waals surface area contributed by atoms with Crippen LogP contribution in [0.25, 0.3) is 0 Å². The second kappa shape index (κ2) is 5.10. The van der Waals surface area contributed by atoms with Gasteiger partial charge in [0.1, 0.15) is 6.10 Å². The Morgan fingerprint density at radius 3 is 2.59 bits per heavy atom. The molecule has 1 aromatic rings. The third-order valence-electron chi connectivity index (χ3n) is 3.04. The van der Waals surface area contributed by atoms with Crippen molar-refractivity contribution < 1.29 is 18.6 Å². The van der Waals surface area contributed by atoms with Gasteiger partial charge in [0.2, 0.25) is 0 Å². The zero-order chi connectivity index (χ0) is 12.4. The highest BCUT2D eigenvalue weighted by Crippen LogP contribution is 2.40. The van der Waals surface area contributed by atoms with Crippen LogP contribution in [0.3, 0.4) is 0 Å². The Bertz CT molecular complexity index is 391. The standard InChI is InChI=1S/C13H16F2O2/c1-2-17-13(8-3-4-8)12(16)9-5-6-10(14)11(15)7-9/h5-8,12-13,16H,2-4H2,1H3. The van der Waals surface area contributed by atoms with Crippen LogP contribution < -0.4 is 0 Å². The molecule has 0 saturated heterocycles. The Kier molecular flexibility index (Phi) is 3.74. The van der Waals surface area contributed by atoms with E-state index in [9.17, 15) is 13.9 Å². The zero-order valence-electron chi connectivity index (χ0n) is 9.70. The second-order valence-electron chi connectivity index (χ2n) is 4.38. The third-order valence-corrected chi connectivity index (χ3v) is 3.04. The van der Waals surface area contributed by atoms with Crippen molar-refractivity contribution in [1.82, 2.24) is 0 Å². The zero-order valence-corrected chi connectivity index (χ0v) is 9.70. The van der Waals surface area contributed by atoms with E-state index in [1.54, 1.807) is 0 Å². The summed E-state index contributed by atoms with van der Waals surface area (Å²) in [4.78, 5) is 0. The number of hydrogen-bond acceptors (Lipinski definition) is 2. The first-order chi connectivity index (χ1) is 8.13. The second-order valence-corrected chi connectivity index (χ2v) is 4.38. The van der Waals surface area contributed by atoms with Gasteiger partial charge in [0.05, 0.1) is 6.10 Å². The lowest BCUT2D eigenvalue weighted by Crippen LogP contribution is -2.24. The van der Waals surface area contributed by atoms with Crippen molar-refractivity contribution in [3.8, 4) is 0 Å². The van der Waals surface area contributed by atoms with E-state index < -0.39 is 17.7 Å². The largest absolute Gasteiger partial charge is 0.386 e. The molecule has 0 amide bonds. The van der Waals surface area contributed by atoms with Crippen LogP contribution in [0.5, 0.6) is 0 Å². The van der Waals surface area contributed by atoms with E-state index in [1.165, 1.54) is 6.07 Å². The maximum absolute atomic E-state index is 13.1. The quantitative estimate of drug-likeness (QED) is 0.860. The Morgan fingerprint density at radius 2 is 2.06 bits per heavy atom. The smallest absolute Gasteiger partial charge is 0.159 e. The van der Waals surface area contributed by atoms with Crippen molar-refractivity contribution >= 4 is 0 Å². The highest BCUT2D eigenvalue weighted by Gasteiger charge is 2.37. The van der Waals surface area contributed by atoms with Gasteiger partial charge in [-0.05, 0) is 43.4 Å². The van der Waals surface area contributed by atoms with E-state index >= 15 is 0 Å². The highest BCUT2D eigenvalue weighted by molar-refractivity contribution is 5.21. The van der Waals surface area contributed by atoms with E-state index in [0.29, 0.717) is 18.1 Å². The average Bonchev–Trinajstić information content (AvgIpc) is 3.13. The van der Waals surface area contributed by atoms with Gasteiger partial charge in [-0.25, -0.2) is 8.78 Å². The van der Waals surface area contributed by atoms with E-state index in [0.717, 1.165) is 25.0 Å². The number of ether oxygens (including phenoxy) is 1. The monoisotopic (exact) mass is 242 g/mol. The molecular weight excluding hydrogens is 226 g/mol.